The van der Waals surface area contributed by atoms with Crippen LogP contribution < -0.4 is 10.6 Å². The molecule has 0 unspecified atom stereocenters. The molecule has 0 bridgehead atoms. The number of aromatic nitrogens is 3. The van der Waals surface area contributed by atoms with Gasteiger partial charge in [0.1, 0.15) is 11.1 Å². The molecule has 0 fully saturated rings. The summed E-state index contributed by atoms with van der Waals surface area (Å²) < 4.78 is 1.63. The lowest BCUT2D eigenvalue weighted by molar-refractivity contribution is -0.384. The molecule has 5 rings (SSSR count). The smallest absolute Gasteiger partial charge is 0.288 e. The van der Waals surface area contributed by atoms with Crippen molar-refractivity contribution in [3.63, 3.8) is 0 Å². The minimum Gasteiger partial charge on any atom is -0.324 e. The number of nitro groups is 1. The van der Waals surface area contributed by atoms with E-state index >= 15 is 0 Å². The molecule has 1 atom stereocenters. The second-order valence-corrected chi connectivity index (χ2v) is 9.07. The van der Waals surface area contributed by atoms with Gasteiger partial charge in [-0.15, -0.1) is 5.10 Å². The first-order chi connectivity index (χ1) is 17.3. The largest absolute Gasteiger partial charge is 0.324 e. The van der Waals surface area contributed by atoms with Gasteiger partial charge in [-0.1, -0.05) is 59.1 Å². The van der Waals surface area contributed by atoms with Gasteiger partial charge in [0, 0.05) is 27.4 Å². The minimum atomic E-state index is -0.655. The second kappa shape index (κ2) is 9.62. The Balaban J connectivity index is 1.49. The lowest BCUT2D eigenvalue weighted by atomic mass is 10.0. The van der Waals surface area contributed by atoms with E-state index in [9.17, 15) is 14.9 Å². The summed E-state index contributed by atoms with van der Waals surface area (Å²) >= 11 is 18.0. The van der Waals surface area contributed by atoms with Crippen LogP contribution in [0.25, 0.3) is 5.70 Å². The highest BCUT2D eigenvalue weighted by Crippen LogP contribution is 2.34. The Hall–Kier alpha value is -3.92. The van der Waals surface area contributed by atoms with Crippen molar-refractivity contribution in [2.75, 3.05) is 10.6 Å². The van der Waals surface area contributed by atoms with Crippen LogP contribution in [0.15, 0.2) is 72.8 Å². The van der Waals surface area contributed by atoms with Crippen LogP contribution in [0.5, 0.6) is 0 Å². The zero-order valence-corrected chi connectivity index (χ0v) is 20.4. The van der Waals surface area contributed by atoms with Gasteiger partial charge in [0.25, 0.3) is 17.5 Å². The highest BCUT2D eigenvalue weighted by atomic mass is 35.5. The SMILES string of the molecule is O=C(Nc1nc2n(n1)[C@@H](c1ccc(Cl)cc1)C=C(c1ccc(Cl)cc1)N2)c1ccc(Cl)c([N+](=O)[O-])c1. The molecule has 1 amide bonds. The van der Waals surface area contributed by atoms with Crippen molar-refractivity contribution in [1.29, 1.82) is 0 Å². The van der Waals surface area contributed by atoms with Gasteiger partial charge in [-0.2, -0.15) is 4.98 Å². The van der Waals surface area contributed by atoms with Gasteiger partial charge in [0.05, 0.1) is 4.92 Å². The van der Waals surface area contributed by atoms with Crippen LogP contribution in [0.2, 0.25) is 15.1 Å². The Kier molecular flexibility index (Phi) is 6.36. The fourth-order valence-corrected chi connectivity index (χ4v) is 4.15. The number of amides is 1. The number of carbonyl (C=O) groups is 1. The monoisotopic (exact) mass is 540 g/mol. The van der Waals surface area contributed by atoms with E-state index in [1.165, 1.54) is 12.1 Å². The highest BCUT2D eigenvalue weighted by molar-refractivity contribution is 6.33. The molecule has 9 nitrogen and oxygen atoms in total. The Labute approximate surface area is 219 Å². The van der Waals surface area contributed by atoms with Crippen molar-refractivity contribution >= 4 is 64.0 Å². The van der Waals surface area contributed by atoms with E-state index < -0.39 is 10.8 Å². The zero-order chi connectivity index (χ0) is 25.4. The molecule has 0 radical (unpaired) electrons. The fraction of sp³-hybridized carbons (Fsp3) is 0.0417. The van der Waals surface area contributed by atoms with Crippen LogP contribution in [0.3, 0.4) is 0 Å². The number of carbonyl (C=O) groups excluding carboxylic acids is 1. The molecule has 0 saturated carbocycles. The van der Waals surface area contributed by atoms with Crippen molar-refractivity contribution in [3.05, 3.63) is 115 Å². The van der Waals surface area contributed by atoms with E-state index in [2.05, 4.69) is 20.7 Å². The highest BCUT2D eigenvalue weighted by Gasteiger charge is 2.26. The quantitative estimate of drug-likeness (QED) is 0.221. The first-order valence-electron chi connectivity index (χ1n) is 10.5. The Morgan fingerprint density at radius 1 is 1.00 bits per heavy atom. The van der Waals surface area contributed by atoms with Crippen LogP contribution >= 0.6 is 34.8 Å². The summed E-state index contributed by atoms with van der Waals surface area (Å²) in [6, 6.07) is 18.1. The standard InChI is InChI=1S/C24H15Cl3N6O3/c25-16-6-1-13(2-7-16)19-12-20(14-3-8-17(26)9-4-14)32-24(28-19)30-23(31-32)29-22(34)15-5-10-18(27)21(11-15)33(35)36/h1-12,20H,(H2,28,29,30,31,34)/t20-/m1/s1. The van der Waals surface area contributed by atoms with E-state index in [0.29, 0.717) is 16.0 Å². The molecule has 1 aromatic heterocycles. The summed E-state index contributed by atoms with van der Waals surface area (Å²) in [6.07, 6.45) is 1.97. The van der Waals surface area contributed by atoms with E-state index in [0.717, 1.165) is 22.9 Å². The predicted octanol–water partition coefficient (Wildman–Crippen LogP) is 6.45. The Morgan fingerprint density at radius 2 is 1.67 bits per heavy atom. The fourth-order valence-electron chi connectivity index (χ4n) is 3.71. The van der Waals surface area contributed by atoms with Crippen molar-refractivity contribution in [1.82, 2.24) is 14.8 Å². The van der Waals surface area contributed by atoms with Crippen molar-refractivity contribution in [2.45, 2.75) is 6.04 Å². The number of allylic oxidation sites excluding steroid dienone is 1. The third-order valence-corrected chi connectivity index (χ3v) is 6.29. The molecular weight excluding hydrogens is 527 g/mol. The first kappa shape index (κ1) is 23.8. The van der Waals surface area contributed by atoms with Gasteiger partial charge >= 0.3 is 0 Å². The molecule has 0 spiro atoms. The number of halogens is 3. The molecular formula is C24H15Cl3N6O3. The van der Waals surface area contributed by atoms with Gasteiger partial charge in [-0.25, -0.2) is 4.68 Å². The number of rotatable bonds is 5. The summed E-state index contributed by atoms with van der Waals surface area (Å²) in [5, 5.41) is 22.6. The van der Waals surface area contributed by atoms with Crippen molar-refractivity contribution in [3.8, 4) is 0 Å². The lowest BCUT2D eigenvalue weighted by Gasteiger charge is -2.24. The maximum absolute atomic E-state index is 12.8. The molecule has 2 heterocycles. The summed E-state index contributed by atoms with van der Waals surface area (Å²) in [5.41, 5.74) is 2.22. The molecule has 2 N–H and O–H groups in total. The summed E-state index contributed by atoms with van der Waals surface area (Å²) in [4.78, 5) is 27.7. The molecule has 12 heteroatoms. The van der Waals surface area contributed by atoms with Crippen molar-refractivity contribution in [2.24, 2.45) is 0 Å². The van der Waals surface area contributed by atoms with Crippen LogP contribution in [0.1, 0.15) is 27.5 Å². The molecule has 180 valence electrons. The van der Waals surface area contributed by atoms with Gasteiger partial charge < -0.3 is 5.32 Å². The third-order valence-electron chi connectivity index (χ3n) is 5.46. The molecule has 0 aliphatic carbocycles. The summed E-state index contributed by atoms with van der Waals surface area (Å²) in [6.45, 7) is 0. The number of hydrogen-bond acceptors (Lipinski definition) is 6. The van der Waals surface area contributed by atoms with Gasteiger partial charge in [0.15, 0.2) is 0 Å². The summed E-state index contributed by atoms with van der Waals surface area (Å²) in [7, 11) is 0. The lowest BCUT2D eigenvalue weighted by Crippen LogP contribution is -2.20. The van der Waals surface area contributed by atoms with Gasteiger partial charge in [-0.05, 0) is 53.6 Å². The maximum atomic E-state index is 12.8. The number of hydrogen-bond donors (Lipinski definition) is 2. The van der Waals surface area contributed by atoms with E-state index in [1.807, 2.05) is 30.3 Å². The number of anilines is 2. The van der Waals surface area contributed by atoms with Gasteiger partial charge in [-0.3, -0.25) is 20.2 Å². The van der Waals surface area contributed by atoms with E-state index in [1.54, 1.807) is 28.9 Å². The number of nitrogens with zero attached hydrogens (tertiary/aromatic N) is 4. The minimum absolute atomic E-state index is 0.0184. The number of fused-ring (bicyclic) bond motifs is 1. The first-order valence-corrected chi connectivity index (χ1v) is 11.6. The average Bonchev–Trinajstić information content (AvgIpc) is 3.26. The maximum Gasteiger partial charge on any atom is 0.288 e. The second-order valence-electron chi connectivity index (χ2n) is 7.79. The van der Waals surface area contributed by atoms with E-state index in [-0.39, 0.29) is 28.3 Å². The van der Waals surface area contributed by atoms with Crippen LogP contribution in [0.4, 0.5) is 17.6 Å². The van der Waals surface area contributed by atoms with E-state index in [4.69, 9.17) is 34.8 Å². The predicted molar refractivity (Wildman–Crippen MR) is 139 cm³/mol. The normalized spacial score (nSPS) is 14.4. The van der Waals surface area contributed by atoms with Gasteiger partial charge in [0.2, 0.25) is 5.95 Å². The third kappa shape index (κ3) is 4.76. The van der Waals surface area contributed by atoms with Crippen molar-refractivity contribution < 1.29 is 9.72 Å². The van der Waals surface area contributed by atoms with Crippen LogP contribution in [-0.4, -0.2) is 25.6 Å². The number of benzene rings is 3. The Morgan fingerprint density at radius 3 is 2.33 bits per heavy atom. The topological polar surface area (TPSA) is 115 Å². The van der Waals surface area contributed by atoms with Crippen LogP contribution in [0, 0.1) is 10.1 Å². The summed E-state index contributed by atoms with van der Waals surface area (Å²) in [5.74, 6) is -0.212. The van der Waals surface area contributed by atoms with Crippen LogP contribution in [-0.2, 0) is 0 Å². The molecule has 1 aliphatic rings. The zero-order valence-electron chi connectivity index (χ0n) is 18.2. The molecule has 0 saturated heterocycles. The molecule has 3 aromatic carbocycles. The Bertz CT molecular complexity index is 1520. The molecule has 36 heavy (non-hydrogen) atoms. The number of nitro benzene ring substituents is 1. The average molecular weight is 542 g/mol. The molecule has 1 aliphatic heterocycles. The molecule has 4 aromatic rings. The number of nitrogens with one attached hydrogen (secondary N) is 2.